The maximum atomic E-state index is 11.8. The number of nitrogens with zero attached hydrogens (tertiary/aromatic N) is 4. The van der Waals surface area contributed by atoms with Gasteiger partial charge in [-0.05, 0) is 19.9 Å². The highest BCUT2D eigenvalue weighted by atomic mass is 16.1. The third kappa shape index (κ3) is 3.21. The lowest BCUT2D eigenvalue weighted by Crippen LogP contribution is -2.24. The number of aryl methyl sites for hydroxylation is 3. The van der Waals surface area contributed by atoms with Gasteiger partial charge in [-0.2, -0.15) is 10.2 Å². The van der Waals surface area contributed by atoms with E-state index < -0.39 is 0 Å². The van der Waals surface area contributed by atoms with Crippen molar-refractivity contribution in [3.05, 3.63) is 35.4 Å². The van der Waals surface area contributed by atoms with Crippen LogP contribution in [-0.2, 0) is 24.9 Å². The average molecular weight is 261 g/mol. The van der Waals surface area contributed by atoms with E-state index in [0.29, 0.717) is 19.5 Å². The highest BCUT2D eigenvalue weighted by Crippen LogP contribution is 2.05. The van der Waals surface area contributed by atoms with Crippen LogP contribution in [0.25, 0.3) is 0 Å². The number of hydrogen-bond acceptors (Lipinski definition) is 3. The first-order valence-corrected chi connectivity index (χ1v) is 6.30. The largest absolute Gasteiger partial charge is 0.352 e. The zero-order valence-corrected chi connectivity index (χ0v) is 11.6. The van der Waals surface area contributed by atoms with Gasteiger partial charge in [0, 0.05) is 49.7 Å². The molecule has 0 aliphatic rings. The van der Waals surface area contributed by atoms with E-state index >= 15 is 0 Å². The Bertz CT molecular complexity index is 569. The molecule has 0 radical (unpaired) electrons. The Morgan fingerprint density at radius 3 is 2.74 bits per heavy atom. The van der Waals surface area contributed by atoms with E-state index in [4.69, 9.17) is 0 Å². The number of nitrogens with one attached hydrogen (secondary N) is 1. The quantitative estimate of drug-likeness (QED) is 0.871. The molecule has 2 heterocycles. The molecule has 0 aliphatic carbocycles. The summed E-state index contributed by atoms with van der Waals surface area (Å²) in [6.45, 7) is 5.10. The monoisotopic (exact) mass is 261 g/mol. The molecule has 1 amide bonds. The van der Waals surface area contributed by atoms with Gasteiger partial charge in [0.15, 0.2) is 0 Å². The molecule has 0 unspecified atom stereocenters. The first kappa shape index (κ1) is 13.3. The summed E-state index contributed by atoms with van der Waals surface area (Å²) in [6.07, 6.45) is 3.96. The van der Waals surface area contributed by atoms with E-state index in [-0.39, 0.29) is 5.91 Å². The molecule has 0 fully saturated rings. The van der Waals surface area contributed by atoms with Gasteiger partial charge < -0.3 is 5.32 Å². The van der Waals surface area contributed by atoms with Crippen molar-refractivity contribution in [3.63, 3.8) is 0 Å². The fraction of sp³-hybridized carbons (Fsp3) is 0.462. The van der Waals surface area contributed by atoms with Crippen LogP contribution in [0.2, 0.25) is 0 Å². The second-order valence-corrected chi connectivity index (χ2v) is 4.60. The summed E-state index contributed by atoms with van der Waals surface area (Å²) in [5, 5.41) is 11.2. The lowest BCUT2D eigenvalue weighted by molar-refractivity contribution is -0.121. The molecule has 2 rings (SSSR count). The van der Waals surface area contributed by atoms with Crippen molar-refractivity contribution in [2.75, 3.05) is 0 Å². The average Bonchev–Trinajstić information content (AvgIpc) is 2.93. The Hall–Kier alpha value is -2.11. The Kier molecular flexibility index (Phi) is 3.99. The SMILES string of the molecule is Cc1c(CNC(=O)CCn2nccc2C)cnn1C. The Morgan fingerprint density at radius 1 is 1.37 bits per heavy atom. The van der Waals surface area contributed by atoms with Crippen molar-refractivity contribution in [2.24, 2.45) is 7.05 Å². The highest BCUT2D eigenvalue weighted by molar-refractivity contribution is 5.75. The molecular weight excluding hydrogens is 242 g/mol. The van der Waals surface area contributed by atoms with Gasteiger partial charge in [0.2, 0.25) is 5.91 Å². The van der Waals surface area contributed by atoms with E-state index in [1.54, 1.807) is 17.1 Å². The predicted molar refractivity (Wildman–Crippen MR) is 71.4 cm³/mol. The third-order valence-corrected chi connectivity index (χ3v) is 3.29. The third-order valence-electron chi connectivity index (χ3n) is 3.29. The van der Waals surface area contributed by atoms with Crippen molar-refractivity contribution < 1.29 is 4.79 Å². The van der Waals surface area contributed by atoms with Crippen LogP contribution in [0.1, 0.15) is 23.4 Å². The first-order valence-electron chi connectivity index (χ1n) is 6.30. The molecule has 0 aromatic carbocycles. The summed E-state index contributed by atoms with van der Waals surface area (Å²) in [5.41, 5.74) is 3.19. The van der Waals surface area contributed by atoms with Gasteiger partial charge >= 0.3 is 0 Å². The summed E-state index contributed by atoms with van der Waals surface area (Å²) in [4.78, 5) is 11.8. The standard InChI is InChI=1S/C13H19N5O/c1-10-4-6-15-18(10)7-5-13(19)14-8-12-9-16-17(3)11(12)2/h4,6,9H,5,7-8H2,1-3H3,(H,14,19). The smallest absolute Gasteiger partial charge is 0.222 e. The van der Waals surface area contributed by atoms with E-state index in [1.807, 2.05) is 31.6 Å². The maximum absolute atomic E-state index is 11.8. The minimum atomic E-state index is 0.0261. The molecule has 1 N–H and O–H groups in total. The van der Waals surface area contributed by atoms with E-state index in [0.717, 1.165) is 17.0 Å². The van der Waals surface area contributed by atoms with Gasteiger partial charge in [-0.25, -0.2) is 0 Å². The van der Waals surface area contributed by atoms with Gasteiger partial charge in [-0.1, -0.05) is 0 Å². The molecule has 19 heavy (non-hydrogen) atoms. The number of amides is 1. The van der Waals surface area contributed by atoms with Crippen molar-refractivity contribution >= 4 is 5.91 Å². The molecule has 0 aliphatic heterocycles. The van der Waals surface area contributed by atoms with Gasteiger partial charge in [0.1, 0.15) is 0 Å². The molecule has 6 nitrogen and oxygen atoms in total. The lowest BCUT2D eigenvalue weighted by Gasteiger charge is -2.06. The Labute approximate surface area is 112 Å². The molecule has 102 valence electrons. The first-order chi connectivity index (χ1) is 9.08. The molecule has 0 atom stereocenters. The molecule has 2 aromatic heterocycles. The second kappa shape index (κ2) is 5.69. The number of hydrogen-bond donors (Lipinski definition) is 1. The van der Waals surface area contributed by atoms with Gasteiger partial charge in [0.25, 0.3) is 0 Å². The van der Waals surface area contributed by atoms with E-state index in [1.165, 1.54) is 0 Å². The predicted octanol–water partition coefficient (Wildman–Crippen LogP) is 0.940. The van der Waals surface area contributed by atoms with Crippen LogP contribution < -0.4 is 5.32 Å². The van der Waals surface area contributed by atoms with Crippen LogP contribution in [0, 0.1) is 13.8 Å². The number of rotatable bonds is 5. The summed E-state index contributed by atoms with van der Waals surface area (Å²) in [6, 6.07) is 1.93. The van der Waals surface area contributed by atoms with Gasteiger partial charge in [0.05, 0.1) is 6.20 Å². The lowest BCUT2D eigenvalue weighted by atomic mass is 10.2. The molecule has 2 aromatic rings. The number of aromatic nitrogens is 4. The Balaban J connectivity index is 1.79. The van der Waals surface area contributed by atoms with Crippen molar-refractivity contribution in [1.82, 2.24) is 24.9 Å². The molecule has 0 saturated heterocycles. The van der Waals surface area contributed by atoms with Crippen LogP contribution in [0.15, 0.2) is 18.5 Å². The molecular formula is C13H19N5O. The minimum Gasteiger partial charge on any atom is -0.352 e. The Morgan fingerprint density at radius 2 is 2.16 bits per heavy atom. The summed E-state index contributed by atoms with van der Waals surface area (Å²) in [5.74, 6) is 0.0261. The maximum Gasteiger partial charge on any atom is 0.222 e. The molecule has 6 heteroatoms. The summed E-state index contributed by atoms with van der Waals surface area (Å²) in [7, 11) is 1.89. The number of carbonyl (C=O) groups excluding carboxylic acids is 1. The van der Waals surface area contributed by atoms with Crippen molar-refractivity contribution in [2.45, 2.75) is 33.4 Å². The fourth-order valence-electron chi connectivity index (χ4n) is 1.84. The fourth-order valence-corrected chi connectivity index (χ4v) is 1.84. The molecule has 0 bridgehead atoms. The minimum absolute atomic E-state index is 0.0261. The van der Waals surface area contributed by atoms with Gasteiger partial charge in [-0.3, -0.25) is 14.2 Å². The van der Waals surface area contributed by atoms with Crippen molar-refractivity contribution in [1.29, 1.82) is 0 Å². The van der Waals surface area contributed by atoms with Crippen molar-refractivity contribution in [3.8, 4) is 0 Å². The van der Waals surface area contributed by atoms with E-state index in [9.17, 15) is 4.79 Å². The zero-order valence-electron chi connectivity index (χ0n) is 11.6. The highest BCUT2D eigenvalue weighted by Gasteiger charge is 2.07. The molecule has 0 spiro atoms. The van der Waals surface area contributed by atoms with Crippen LogP contribution >= 0.6 is 0 Å². The van der Waals surface area contributed by atoms with Gasteiger partial charge in [-0.15, -0.1) is 0 Å². The van der Waals surface area contributed by atoms with E-state index in [2.05, 4.69) is 15.5 Å². The normalized spacial score (nSPS) is 10.7. The van der Waals surface area contributed by atoms with Crippen LogP contribution in [-0.4, -0.2) is 25.5 Å². The number of carbonyl (C=O) groups is 1. The molecule has 0 saturated carbocycles. The zero-order chi connectivity index (χ0) is 13.8. The second-order valence-electron chi connectivity index (χ2n) is 4.60. The van der Waals surface area contributed by atoms with Crippen LogP contribution in [0.3, 0.4) is 0 Å². The summed E-state index contributed by atoms with van der Waals surface area (Å²) < 4.78 is 3.63. The van der Waals surface area contributed by atoms with Crippen LogP contribution in [0.4, 0.5) is 0 Å². The summed E-state index contributed by atoms with van der Waals surface area (Å²) >= 11 is 0. The van der Waals surface area contributed by atoms with Crippen LogP contribution in [0.5, 0.6) is 0 Å². The topological polar surface area (TPSA) is 64.7 Å².